The number of para-hydroxylation sites is 3. The third kappa shape index (κ3) is 5.48. The van der Waals surface area contributed by atoms with Crippen molar-refractivity contribution >= 4 is 29.0 Å². The van der Waals surface area contributed by atoms with Gasteiger partial charge < -0.3 is 30.6 Å². The van der Waals surface area contributed by atoms with Crippen molar-refractivity contribution in [2.45, 2.75) is 19.1 Å². The minimum atomic E-state index is -1.04. The van der Waals surface area contributed by atoms with E-state index in [1.807, 2.05) is 36.4 Å². The molecule has 0 saturated carbocycles. The number of hydrogen-bond acceptors (Lipinski definition) is 6. The van der Waals surface area contributed by atoms with Gasteiger partial charge >= 0.3 is 5.97 Å². The Labute approximate surface area is 190 Å². The van der Waals surface area contributed by atoms with Crippen LogP contribution in [0, 0.1) is 5.41 Å². The second-order valence-corrected chi connectivity index (χ2v) is 7.50. The Morgan fingerprint density at radius 1 is 0.970 bits per heavy atom. The molecule has 0 radical (unpaired) electrons. The summed E-state index contributed by atoms with van der Waals surface area (Å²) < 4.78 is 11.3. The quantitative estimate of drug-likeness (QED) is 0.390. The molecule has 3 aromatic rings. The Morgan fingerprint density at radius 3 is 2.42 bits per heavy atom. The van der Waals surface area contributed by atoms with Crippen molar-refractivity contribution in [2.24, 2.45) is 0 Å². The van der Waals surface area contributed by atoms with Crippen molar-refractivity contribution < 1.29 is 24.2 Å². The predicted octanol–water partition coefficient (Wildman–Crippen LogP) is 3.92. The van der Waals surface area contributed by atoms with E-state index in [1.165, 1.54) is 0 Å². The van der Waals surface area contributed by atoms with Crippen LogP contribution in [0.5, 0.6) is 11.5 Å². The number of carbonyl (C=O) groups excluding carboxylic acids is 1. The molecule has 3 aromatic carbocycles. The van der Waals surface area contributed by atoms with Gasteiger partial charge in [0.05, 0.1) is 12.1 Å². The van der Waals surface area contributed by atoms with Gasteiger partial charge in [0.2, 0.25) is 6.10 Å². The maximum absolute atomic E-state index is 12.6. The summed E-state index contributed by atoms with van der Waals surface area (Å²) in [5.41, 5.74) is 2.88. The summed E-state index contributed by atoms with van der Waals surface area (Å²) in [6.45, 7) is 0.614. The number of ether oxygens (including phenoxy) is 2. The summed E-state index contributed by atoms with van der Waals surface area (Å²) in [5, 5.41) is 23.1. The van der Waals surface area contributed by atoms with Crippen LogP contribution in [-0.4, -0.2) is 35.4 Å². The average molecular weight is 445 g/mol. The highest BCUT2D eigenvalue weighted by molar-refractivity contribution is 6.10. The number of hydrogen-bond donors (Lipinski definition) is 4. The molecule has 168 valence electrons. The number of fused-ring (bicyclic) bond motifs is 1. The molecule has 0 aromatic heterocycles. The fourth-order valence-corrected chi connectivity index (χ4v) is 3.42. The highest BCUT2D eigenvalue weighted by Crippen LogP contribution is 2.31. The number of carboxylic acids is 1. The molecule has 8 nitrogen and oxygen atoms in total. The number of carbonyl (C=O) groups is 2. The van der Waals surface area contributed by atoms with E-state index in [9.17, 15) is 9.59 Å². The molecule has 1 amide bonds. The molecule has 0 spiro atoms. The SMILES string of the molecule is N=C(CC(=O)O)c1ccccc1NCc1ccc(NC(=O)C2COc3ccccc3O2)cc1. The van der Waals surface area contributed by atoms with Crippen molar-refractivity contribution in [1.29, 1.82) is 5.41 Å². The molecule has 1 heterocycles. The van der Waals surface area contributed by atoms with Gasteiger partial charge in [0.1, 0.15) is 6.61 Å². The minimum absolute atomic E-state index is 0.0418. The van der Waals surface area contributed by atoms with Crippen molar-refractivity contribution in [3.63, 3.8) is 0 Å². The Hall–Kier alpha value is -4.33. The van der Waals surface area contributed by atoms with Crippen LogP contribution in [0.2, 0.25) is 0 Å². The van der Waals surface area contributed by atoms with Gasteiger partial charge in [0.25, 0.3) is 5.91 Å². The molecular weight excluding hydrogens is 422 g/mol. The van der Waals surface area contributed by atoms with Crippen LogP contribution in [0.1, 0.15) is 17.5 Å². The number of benzene rings is 3. The third-order valence-corrected chi connectivity index (χ3v) is 5.09. The Bertz CT molecular complexity index is 1180. The minimum Gasteiger partial charge on any atom is -0.485 e. The van der Waals surface area contributed by atoms with Gasteiger partial charge in [-0.3, -0.25) is 9.59 Å². The van der Waals surface area contributed by atoms with Crippen LogP contribution in [0.25, 0.3) is 0 Å². The zero-order valence-electron chi connectivity index (χ0n) is 17.7. The van der Waals surface area contributed by atoms with Gasteiger partial charge in [-0.05, 0) is 35.9 Å². The van der Waals surface area contributed by atoms with E-state index in [0.717, 1.165) is 5.56 Å². The van der Waals surface area contributed by atoms with Crippen LogP contribution in [0.15, 0.2) is 72.8 Å². The Morgan fingerprint density at radius 2 is 1.67 bits per heavy atom. The lowest BCUT2D eigenvalue weighted by atomic mass is 10.0. The maximum Gasteiger partial charge on any atom is 0.309 e. The molecule has 1 aliphatic heterocycles. The third-order valence-electron chi connectivity index (χ3n) is 5.09. The van der Waals surface area contributed by atoms with Crippen LogP contribution in [0.3, 0.4) is 0 Å². The van der Waals surface area contributed by atoms with Gasteiger partial charge in [-0.15, -0.1) is 0 Å². The van der Waals surface area contributed by atoms with Crippen molar-refractivity contribution in [1.82, 2.24) is 0 Å². The molecule has 1 aliphatic rings. The van der Waals surface area contributed by atoms with Crippen molar-refractivity contribution in [3.05, 3.63) is 83.9 Å². The lowest BCUT2D eigenvalue weighted by Crippen LogP contribution is -2.40. The number of nitrogens with one attached hydrogen (secondary N) is 3. The fraction of sp³-hybridized carbons (Fsp3) is 0.160. The van der Waals surface area contributed by atoms with Crippen LogP contribution >= 0.6 is 0 Å². The second kappa shape index (κ2) is 9.86. The van der Waals surface area contributed by atoms with Crippen LogP contribution in [-0.2, 0) is 16.1 Å². The number of aliphatic carboxylic acids is 1. The van der Waals surface area contributed by atoms with Crippen LogP contribution < -0.4 is 20.1 Å². The fourth-order valence-electron chi connectivity index (χ4n) is 3.42. The normalized spacial score (nSPS) is 14.2. The molecule has 0 aliphatic carbocycles. The number of amides is 1. The first kappa shape index (κ1) is 21.9. The number of carboxylic acid groups (broad SMARTS) is 1. The van der Waals surface area contributed by atoms with Gasteiger partial charge in [0, 0.05) is 23.5 Å². The zero-order valence-corrected chi connectivity index (χ0v) is 17.7. The van der Waals surface area contributed by atoms with E-state index < -0.39 is 12.1 Å². The highest BCUT2D eigenvalue weighted by atomic mass is 16.6. The van der Waals surface area contributed by atoms with Gasteiger partial charge in [-0.1, -0.05) is 42.5 Å². The molecule has 4 rings (SSSR count). The summed E-state index contributed by atoms with van der Waals surface area (Å²) in [6.07, 6.45) is -1.08. The molecule has 1 atom stereocenters. The van der Waals surface area contributed by atoms with E-state index in [2.05, 4.69) is 10.6 Å². The molecule has 0 saturated heterocycles. The lowest BCUT2D eigenvalue weighted by Gasteiger charge is -2.25. The van der Waals surface area contributed by atoms with Gasteiger partial charge in [-0.25, -0.2) is 0 Å². The van der Waals surface area contributed by atoms with Crippen molar-refractivity contribution in [3.8, 4) is 11.5 Å². The van der Waals surface area contributed by atoms with E-state index in [-0.39, 0.29) is 24.6 Å². The molecular formula is C25H23N3O5. The van der Waals surface area contributed by atoms with Crippen LogP contribution in [0.4, 0.5) is 11.4 Å². The summed E-state index contributed by atoms with van der Waals surface area (Å²) in [4.78, 5) is 23.5. The van der Waals surface area contributed by atoms with Crippen molar-refractivity contribution in [2.75, 3.05) is 17.2 Å². The first-order chi connectivity index (χ1) is 16.0. The number of anilines is 2. The molecule has 4 N–H and O–H groups in total. The largest absolute Gasteiger partial charge is 0.485 e. The van der Waals surface area contributed by atoms with E-state index in [0.29, 0.717) is 35.0 Å². The summed E-state index contributed by atoms with van der Waals surface area (Å²) >= 11 is 0. The average Bonchev–Trinajstić information content (AvgIpc) is 2.83. The lowest BCUT2D eigenvalue weighted by molar-refractivity contribution is -0.135. The first-order valence-electron chi connectivity index (χ1n) is 10.4. The van der Waals surface area contributed by atoms with E-state index >= 15 is 0 Å². The molecule has 0 bridgehead atoms. The van der Waals surface area contributed by atoms with Gasteiger partial charge in [0.15, 0.2) is 11.5 Å². The second-order valence-electron chi connectivity index (χ2n) is 7.50. The summed E-state index contributed by atoms with van der Waals surface area (Å²) in [7, 11) is 0. The summed E-state index contributed by atoms with van der Waals surface area (Å²) in [6, 6.07) is 21.7. The molecule has 8 heteroatoms. The monoisotopic (exact) mass is 445 g/mol. The topological polar surface area (TPSA) is 121 Å². The van der Waals surface area contributed by atoms with E-state index in [1.54, 1.807) is 36.4 Å². The highest BCUT2D eigenvalue weighted by Gasteiger charge is 2.27. The Balaban J connectivity index is 1.34. The smallest absolute Gasteiger partial charge is 0.309 e. The first-order valence-corrected chi connectivity index (χ1v) is 10.4. The molecule has 0 fully saturated rings. The Kier molecular flexibility index (Phi) is 6.54. The van der Waals surface area contributed by atoms with Gasteiger partial charge in [-0.2, -0.15) is 0 Å². The summed E-state index contributed by atoms with van der Waals surface area (Å²) in [5.74, 6) is -0.164. The van der Waals surface area contributed by atoms with E-state index in [4.69, 9.17) is 20.0 Å². The molecule has 33 heavy (non-hydrogen) atoms. The zero-order chi connectivity index (χ0) is 23.2. The predicted molar refractivity (Wildman–Crippen MR) is 124 cm³/mol. The number of rotatable bonds is 8. The maximum atomic E-state index is 12.6. The standard InChI is InChI=1S/C25H23N3O5/c26-19(13-24(29)30)18-5-1-2-6-20(18)27-14-16-9-11-17(12-10-16)28-25(31)23-15-32-21-7-3-4-8-22(21)33-23/h1-12,23,26-27H,13-15H2,(H,28,31)(H,29,30). The molecule has 1 unspecified atom stereocenters.